The molecule has 1 heterocycles. The number of hydrogen-bond acceptors (Lipinski definition) is 5. The Morgan fingerprint density at radius 1 is 1.36 bits per heavy atom. The van der Waals surface area contributed by atoms with Crippen LogP contribution in [0.1, 0.15) is 12.7 Å². The molecular formula is C6H10N4S. The molecule has 0 aliphatic rings. The van der Waals surface area contributed by atoms with Gasteiger partial charge in [-0.15, -0.1) is 12.6 Å². The third-order valence-electron chi connectivity index (χ3n) is 1.32. The molecule has 60 valence electrons. The van der Waals surface area contributed by atoms with Crippen LogP contribution in [0.25, 0.3) is 0 Å². The van der Waals surface area contributed by atoms with E-state index in [0.717, 1.165) is 6.42 Å². The molecule has 4 nitrogen and oxygen atoms in total. The van der Waals surface area contributed by atoms with Gasteiger partial charge in [0, 0.05) is 6.42 Å². The Morgan fingerprint density at radius 3 is 2.45 bits per heavy atom. The fourth-order valence-corrected chi connectivity index (χ4v) is 0.909. The number of hydrogen-bond donors (Lipinski definition) is 3. The first-order valence-electron chi connectivity index (χ1n) is 3.26. The van der Waals surface area contributed by atoms with Gasteiger partial charge in [-0.25, -0.2) is 9.97 Å². The van der Waals surface area contributed by atoms with Gasteiger partial charge in [-0.05, 0) is 0 Å². The third kappa shape index (κ3) is 1.54. The van der Waals surface area contributed by atoms with Gasteiger partial charge in [-0.2, -0.15) is 0 Å². The molecule has 0 radical (unpaired) electrons. The Kier molecular flexibility index (Phi) is 2.19. The quantitative estimate of drug-likeness (QED) is 0.423. The minimum Gasteiger partial charge on any atom is -0.394 e. The third-order valence-corrected chi connectivity index (χ3v) is 1.66. The van der Waals surface area contributed by atoms with Gasteiger partial charge < -0.3 is 11.5 Å². The molecule has 1 rings (SSSR count). The molecule has 1 aromatic rings. The summed E-state index contributed by atoms with van der Waals surface area (Å²) in [5, 5.41) is 0.453. The van der Waals surface area contributed by atoms with Crippen molar-refractivity contribution in [3.05, 3.63) is 5.82 Å². The number of thiol groups is 1. The van der Waals surface area contributed by atoms with Crippen LogP contribution in [-0.2, 0) is 6.42 Å². The lowest BCUT2D eigenvalue weighted by molar-refractivity contribution is 0.901. The van der Waals surface area contributed by atoms with Gasteiger partial charge in [0.15, 0.2) is 5.82 Å². The summed E-state index contributed by atoms with van der Waals surface area (Å²) in [6.07, 6.45) is 0.734. The lowest BCUT2D eigenvalue weighted by Crippen LogP contribution is -2.04. The Bertz CT molecular complexity index is 250. The summed E-state index contributed by atoms with van der Waals surface area (Å²) in [5.74, 6) is 0.976. The number of aryl methyl sites for hydroxylation is 1. The molecule has 0 spiro atoms. The standard InChI is InChI=1S/C6H10N4S/c1-2-3-9-5(8)4(7)6(11)10-3/h2,7H2,1H3,(H3,8,9,10,11). The van der Waals surface area contributed by atoms with Gasteiger partial charge in [-0.3, -0.25) is 0 Å². The maximum Gasteiger partial charge on any atom is 0.151 e. The van der Waals surface area contributed by atoms with Crippen LogP contribution in [-0.4, -0.2) is 9.97 Å². The molecule has 0 saturated heterocycles. The second kappa shape index (κ2) is 2.96. The summed E-state index contributed by atoms with van der Waals surface area (Å²) in [6.45, 7) is 1.94. The zero-order valence-corrected chi connectivity index (χ0v) is 7.10. The van der Waals surface area contributed by atoms with E-state index in [1.807, 2.05) is 6.92 Å². The summed E-state index contributed by atoms with van der Waals surface area (Å²) in [4.78, 5) is 7.94. The van der Waals surface area contributed by atoms with Gasteiger partial charge in [0.05, 0.1) is 0 Å². The number of nitrogen functional groups attached to an aromatic ring is 2. The monoisotopic (exact) mass is 170 g/mol. The average Bonchev–Trinajstić information content (AvgIpc) is 1.99. The molecule has 0 unspecified atom stereocenters. The first kappa shape index (κ1) is 8.13. The maximum absolute atomic E-state index is 5.48. The molecule has 0 aliphatic carbocycles. The van der Waals surface area contributed by atoms with Crippen LogP contribution in [0.4, 0.5) is 11.5 Å². The van der Waals surface area contributed by atoms with E-state index in [1.165, 1.54) is 0 Å². The van der Waals surface area contributed by atoms with E-state index in [0.29, 0.717) is 22.4 Å². The van der Waals surface area contributed by atoms with Crippen LogP contribution in [0.3, 0.4) is 0 Å². The van der Waals surface area contributed by atoms with E-state index < -0.39 is 0 Å². The minimum absolute atomic E-state index is 0.307. The van der Waals surface area contributed by atoms with Crippen molar-refractivity contribution < 1.29 is 0 Å². The van der Waals surface area contributed by atoms with E-state index in [2.05, 4.69) is 22.6 Å². The minimum atomic E-state index is 0.307. The zero-order valence-electron chi connectivity index (χ0n) is 6.20. The Labute approximate surface area is 70.4 Å². The van der Waals surface area contributed by atoms with Gasteiger partial charge in [0.25, 0.3) is 0 Å². The Morgan fingerprint density at radius 2 is 2.00 bits per heavy atom. The van der Waals surface area contributed by atoms with Crippen molar-refractivity contribution in [1.29, 1.82) is 0 Å². The van der Waals surface area contributed by atoms with Crippen molar-refractivity contribution in [2.45, 2.75) is 18.4 Å². The van der Waals surface area contributed by atoms with Crippen LogP contribution in [0.15, 0.2) is 5.03 Å². The molecule has 0 atom stereocenters. The van der Waals surface area contributed by atoms with Gasteiger partial charge in [0.2, 0.25) is 0 Å². The van der Waals surface area contributed by atoms with Crippen molar-refractivity contribution >= 4 is 24.1 Å². The number of anilines is 2. The first-order chi connectivity index (χ1) is 5.15. The number of rotatable bonds is 1. The predicted octanol–water partition coefficient (Wildman–Crippen LogP) is 0.492. The van der Waals surface area contributed by atoms with E-state index in [1.54, 1.807) is 0 Å². The second-order valence-electron chi connectivity index (χ2n) is 2.12. The highest BCUT2D eigenvalue weighted by atomic mass is 32.1. The molecule has 1 aromatic heterocycles. The Hall–Kier alpha value is -0.970. The lowest BCUT2D eigenvalue weighted by Gasteiger charge is -2.03. The highest BCUT2D eigenvalue weighted by Crippen LogP contribution is 2.18. The van der Waals surface area contributed by atoms with Crippen molar-refractivity contribution in [2.24, 2.45) is 0 Å². The molecule has 0 fully saturated rings. The summed E-state index contributed by atoms with van der Waals surface area (Å²) in [7, 11) is 0. The largest absolute Gasteiger partial charge is 0.394 e. The normalized spacial score (nSPS) is 10.0. The zero-order chi connectivity index (χ0) is 8.43. The van der Waals surface area contributed by atoms with Crippen LogP contribution >= 0.6 is 12.6 Å². The highest BCUT2D eigenvalue weighted by molar-refractivity contribution is 7.80. The van der Waals surface area contributed by atoms with Crippen molar-refractivity contribution in [3.63, 3.8) is 0 Å². The van der Waals surface area contributed by atoms with E-state index in [9.17, 15) is 0 Å². The topological polar surface area (TPSA) is 77.8 Å². The van der Waals surface area contributed by atoms with Crippen molar-refractivity contribution in [2.75, 3.05) is 11.5 Å². The lowest BCUT2D eigenvalue weighted by atomic mass is 10.4. The van der Waals surface area contributed by atoms with Gasteiger partial charge in [-0.1, -0.05) is 6.92 Å². The van der Waals surface area contributed by atoms with Crippen molar-refractivity contribution in [1.82, 2.24) is 9.97 Å². The molecule has 0 aliphatic heterocycles. The average molecular weight is 170 g/mol. The van der Waals surface area contributed by atoms with Crippen LogP contribution in [0.2, 0.25) is 0 Å². The molecule has 0 amide bonds. The molecule has 11 heavy (non-hydrogen) atoms. The second-order valence-corrected chi connectivity index (χ2v) is 2.54. The fraction of sp³-hybridized carbons (Fsp3) is 0.333. The SMILES string of the molecule is CCc1nc(N)c(N)c(S)n1. The van der Waals surface area contributed by atoms with E-state index in [-0.39, 0.29) is 0 Å². The van der Waals surface area contributed by atoms with E-state index >= 15 is 0 Å². The van der Waals surface area contributed by atoms with Crippen LogP contribution in [0.5, 0.6) is 0 Å². The Balaban J connectivity index is 3.21. The first-order valence-corrected chi connectivity index (χ1v) is 3.70. The predicted molar refractivity (Wildman–Crippen MR) is 47.5 cm³/mol. The summed E-state index contributed by atoms with van der Waals surface area (Å²) in [5.41, 5.74) is 11.3. The fourth-order valence-electron chi connectivity index (χ4n) is 0.679. The summed E-state index contributed by atoms with van der Waals surface area (Å²) in [6, 6.07) is 0. The molecule has 4 N–H and O–H groups in total. The number of nitrogens with two attached hydrogens (primary N) is 2. The number of nitrogens with zero attached hydrogens (tertiary/aromatic N) is 2. The highest BCUT2D eigenvalue weighted by Gasteiger charge is 2.03. The van der Waals surface area contributed by atoms with Crippen LogP contribution in [0, 0.1) is 0 Å². The molecule has 0 bridgehead atoms. The summed E-state index contributed by atoms with van der Waals surface area (Å²) < 4.78 is 0. The van der Waals surface area contributed by atoms with Gasteiger partial charge in [0.1, 0.15) is 16.5 Å². The molecule has 0 aromatic carbocycles. The molecular weight excluding hydrogens is 160 g/mol. The van der Waals surface area contributed by atoms with Gasteiger partial charge >= 0.3 is 0 Å². The van der Waals surface area contributed by atoms with Crippen LogP contribution < -0.4 is 11.5 Å². The maximum atomic E-state index is 5.48. The van der Waals surface area contributed by atoms with Crippen molar-refractivity contribution in [3.8, 4) is 0 Å². The smallest absolute Gasteiger partial charge is 0.151 e. The summed E-state index contributed by atoms with van der Waals surface area (Å²) >= 11 is 4.04. The molecule has 5 heteroatoms. The number of aromatic nitrogens is 2. The molecule has 0 saturated carbocycles. The van der Waals surface area contributed by atoms with E-state index in [4.69, 9.17) is 11.5 Å².